The van der Waals surface area contributed by atoms with Crippen molar-refractivity contribution in [1.29, 1.82) is 0 Å². The van der Waals surface area contributed by atoms with E-state index in [1.165, 1.54) is 6.92 Å². The molecule has 0 saturated heterocycles. The lowest BCUT2D eigenvalue weighted by molar-refractivity contribution is -0.443. The second kappa shape index (κ2) is 9.70. The molecule has 0 radical (unpaired) electrons. The van der Waals surface area contributed by atoms with Gasteiger partial charge in [-0.3, -0.25) is 4.79 Å². The summed E-state index contributed by atoms with van der Waals surface area (Å²) in [5.74, 6) is -62.9. The predicted octanol–water partition coefficient (Wildman–Crippen LogP) is 5.46. The number of halogens is 16. The molecule has 4 nitrogen and oxygen atoms in total. The third-order valence-corrected chi connectivity index (χ3v) is 4.40. The summed E-state index contributed by atoms with van der Waals surface area (Å²) in [5.41, 5.74) is 0. The quantitative estimate of drug-likeness (QED) is 0.295. The topological polar surface area (TPSA) is 66.4 Å². The van der Waals surface area contributed by atoms with Crippen molar-refractivity contribution in [3.8, 4) is 0 Å². The molecule has 0 saturated carbocycles. The van der Waals surface area contributed by atoms with Gasteiger partial charge in [0.25, 0.3) is 5.91 Å². The Morgan fingerprint density at radius 1 is 0.714 bits per heavy atom. The van der Waals surface area contributed by atoms with Crippen molar-refractivity contribution in [3.05, 3.63) is 0 Å². The highest BCUT2D eigenvalue weighted by Crippen LogP contribution is 2.62. The fourth-order valence-corrected chi connectivity index (χ4v) is 2.19. The highest BCUT2D eigenvalue weighted by atomic mass is 19.4. The highest BCUT2D eigenvalue weighted by Gasteiger charge is 2.94. The Morgan fingerprint density at radius 2 is 1.09 bits per heavy atom. The molecule has 0 aliphatic carbocycles. The molecule has 0 aromatic rings. The Morgan fingerprint density at radius 3 is 1.43 bits per heavy atom. The molecule has 35 heavy (non-hydrogen) atoms. The molecule has 0 aromatic carbocycles. The van der Waals surface area contributed by atoms with Crippen LogP contribution in [0.4, 0.5) is 70.2 Å². The first-order valence-corrected chi connectivity index (χ1v) is 8.70. The Labute approximate surface area is 183 Å². The molecule has 1 atom stereocenters. The van der Waals surface area contributed by atoms with Crippen LogP contribution in [0.5, 0.6) is 0 Å². The van der Waals surface area contributed by atoms with E-state index in [2.05, 4.69) is 0 Å². The average Bonchev–Trinajstić information content (AvgIpc) is 2.69. The number of alkyl halides is 16. The van der Waals surface area contributed by atoms with Crippen LogP contribution in [0, 0.1) is 0 Å². The number of carboxylic acids is 1. The molecule has 0 fully saturated rings. The van der Waals surface area contributed by atoms with Crippen LogP contribution >= 0.6 is 0 Å². The summed E-state index contributed by atoms with van der Waals surface area (Å²) in [7, 11) is 0. The number of carboxylic acid groups (broad SMARTS) is 1. The molecular weight excluding hydrogens is 546 g/mol. The van der Waals surface area contributed by atoms with Crippen molar-refractivity contribution in [2.75, 3.05) is 0 Å². The maximum atomic E-state index is 13.7. The number of carbonyl (C=O) groups excluding carboxylic acids is 1. The van der Waals surface area contributed by atoms with Gasteiger partial charge in [0.05, 0.1) is 0 Å². The molecular formula is C15H13F16NO3. The van der Waals surface area contributed by atoms with E-state index >= 15 is 0 Å². The molecule has 0 bridgehead atoms. The van der Waals surface area contributed by atoms with Crippen LogP contribution in [-0.4, -0.2) is 70.9 Å². The molecule has 1 amide bonds. The molecule has 0 aliphatic heterocycles. The summed E-state index contributed by atoms with van der Waals surface area (Å²) < 4.78 is 211. The fourth-order valence-electron chi connectivity index (χ4n) is 2.19. The largest absolute Gasteiger partial charge is 0.480 e. The standard InChI is InChI=1S/C15H13F16NO3/c1-2-3-4-5(6(33)34)32-8(35)10(20,21)12(24,25)14(28,29)15(30,31)13(26,27)11(22,23)9(18,19)7(16)17/h5,7H,2-4H2,1H3,(H,32,35)(H,33,34)/t5-/m1/s1. The summed E-state index contributed by atoms with van der Waals surface area (Å²) in [6, 6.07) is -2.55. The van der Waals surface area contributed by atoms with Gasteiger partial charge in [0, 0.05) is 0 Å². The summed E-state index contributed by atoms with van der Waals surface area (Å²) >= 11 is 0. The number of hydrogen-bond donors (Lipinski definition) is 2. The van der Waals surface area contributed by atoms with E-state index in [4.69, 9.17) is 5.11 Å². The third kappa shape index (κ3) is 4.92. The molecule has 0 unspecified atom stereocenters. The lowest BCUT2D eigenvalue weighted by Gasteiger charge is -2.42. The van der Waals surface area contributed by atoms with E-state index in [1.54, 1.807) is 0 Å². The van der Waals surface area contributed by atoms with Gasteiger partial charge in [0.1, 0.15) is 6.04 Å². The molecule has 0 aromatic heterocycles. The van der Waals surface area contributed by atoms with E-state index in [0.717, 1.165) is 0 Å². The van der Waals surface area contributed by atoms with Crippen molar-refractivity contribution in [3.63, 3.8) is 0 Å². The first kappa shape index (κ1) is 32.8. The van der Waals surface area contributed by atoms with Gasteiger partial charge in [-0.1, -0.05) is 19.8 Å². The van der Waals surface area contributed by atoms with Gasteiger partial charge in [-0.15, -0.1) is 0 Å². The van der Waals surface area contributed by atoms with Gasteiger partial charge < -0.3 is 10.4 Å². The second-order valence-electron chi connectivity index (χ2n) is 6.88. The number of unbranched alkanes of at least 4 members (excludes halogenated alkanes) is 1. The summed E-state index contributed by atoms with van der Waals surface area (Å²) in [6.07, 6.45) is -6.97. The Balaban J connectivity index is 6.55. The monoisotopic (exact) mass is 559 g/mol. The first-order valence-electron chi connectivity index (χ1n) is 8.70. The van der Waals surface area contributed by atoms with Crippen LogP contribution in [0.2, 0.25) is 0 Å². The Hall–Kier alpha value is -2.18. The smallest absolute Gasteiger partial charge is 0.392 e. The maximum Gasteiger partial charge on any atom is 0.392 e. The van der Waals surface area contributed by atoms with Gasteiger partial charge in [0.2, 0.25) is 0 Å². The lowest BCUT2D eigenvalue weighted by Crippen LogP contribution is -2.75. The Bertz CT molecular complexity index is 782. The van der Waals surface area contributed by atoms with Gasteiger partial charge >= 0.3 is 53.9 Å². The number of aliphatic carboxylic acids is 1. The van der Waals surface area contributed by atoms with Crippen LogP contribution in [-0.2, 0) is 9.59 Å². The van der Waals surface area contributed by atoms with E-state index in [-0.39, 0.29) is 12.8 Å². The minimum atomic E-state index is -8.64. The minimum absolute atomic E-state index is 0.0725. The maximum absolute atomic E-state index is 13.7. The molecule has 0 spiro atoms. The number of carbonyl (C=O) groups is 2. The molecule has 0 rings (SSSR count). The van der Waals surface area contributed by atoms with Crippen LogP contribution in [0.3, 0.4) is 0 Å². The van der Waals surface area contributed by atoms with Crippen LogP contribution in [0.25, 0.3) is 0 Å². The van der Waals surface area contributed by atoms with Crippen LogP contribution in [0.1, 0.15) is 26.2 Å². The zero-order chi connectivity index (χ0) is 28.6. The van der Waals surface area contributed by atoms with Crippen LogP contribution < -0.4 is 5.32 Å². The van der Waals surface area contributed by atoms with Crippen molar-refractivity contribution in [1.82, 2.24) is 5.32 Å². The van der Waals surface area contributed by atoms with Gasteiger partial charge in [0.15, 0.2) is 0 Å². The zero-order valence-corrected chi connectivity index (χ0v) is 16.6. The number of amides is 1. The van der Waals surface area contributed by atoms with E-state index < -0.39 is 72.2 Å². The summed E-state index contributed by atoms with van der Waals surface area (Å²) in [6.45, 7) is 1.35. The zero-order valence-electron chi connectivity index (χ0n) is 16.6. The molecule has 208 valence electrons. The molecule has 0 heterocycles. The van der Waals surface area contributed by atoms with Gasteiger partial charge in [-0.05, 0) is 6.42 Å². The van der Waals surface area contributed by atoms with Crippen LogP contribution in [0.15, 0.2) is 0 Å². The second-order valence-corrected chi connectivity index (χ2v) is 6.88. The summed E-state index contributed by atoms with van der Waals surface area (Å²) in [4.78, 5) is 22.2. The third-order valence-electron chi connectivity index (χ3n) is 4.40. The van der Waals surface area contributed by atoms with E-state index in [9.17, 15) is 79.8 Å². The number of nitrogens with one attached hydrogen (secondary N) is 1. The van der Waals surface area contributed by atoms with Crippen molar-refractivity contribution >= 4 is 11.9 Å². The van der Waals surface area contributed by atoms with E-state index in [1.807, 2.05) is 0 Å². The molecule has 20 heteroatoms. The van der Waals surface area contributed by atoms with Crippen molar-refractivity contribution in [2.24, 2.45) is 0 Å². The minimum Gasteiger partial charge on any atom is -0.480 e. The average molecular weight is 559 g/mol. The summed E-state index contributed by atoms with van der Waals surface area (Å²) in [5, 5.41) is 9.22. The fraction of sp³-hybridized carbons (Fsp3) is 0.867. The lowest BCUT2D eigenvalue weighted by atomic mass is 9.89. The van der Waals surface area contributed by atoms with Crippen molar-refractivity contribution in [2.45, 2.75) is 80.1 Å². The van der Waals surface area contributed by atoms with Gasteiger partial charge in [-0.25, -0.2) is 13.6 Å². The SMILES string of the molecule is CCCC[C@@H](NC(=O)C(F)(F)C(F)(F)C(F)(F)C(F)(F)C(F)(F)C(F)(F)C(F)(F)C(F)F)C(=O)O. The Kier molecular flexibility index (Phi) is 9.10. The first-order chi connectivity index (χ1) is 15.2. The number of rotatable bonds is 13. The molecule has 0 aliphatic rings. The molecule has 2 N–H and O–H groups in total. The van der Waals surface area contributed by atoms with E-state index in [0.29, 0.717) is 5.32 Å². The predicted molar refractivity (Wildman–Crippen MR) is 79.7 cm³/mol. The normalized spacial score (nSPS) is 15.8. The highest BCUT2D eigenvalue weighted by molar-refractivity contribution is 5.89. The van der Waals surface area contributed by atoms with Gasteiger partial charge in [-0.2, -0.15) is 61.5 Å². The number of hydrogen-bond acceptors (Lipinski definition) is 2. The van der Waals surface area contributed by atoms with Crippen molar-refractivity contribution < 1.29 is 84.9 Å².